The molecule has 3 aliphatic heterocycles. The molecule has 3 aliphatic rings. The standard InChI is InChI=1S/C21H25N5O2/c1-13(2)24-20(27)16-11-22-19-18(16)25-17(12-23-19)14-6-5-7-15(10-14)21(28)26-8-3-4-9-26/h5-7,10-13,18-19,22H,3-4,8-9H2,1-2H3,(H,24,27). The van der Waals surface area contributed by atoms with E-state index in [2.05, 4.69) is 15.6 Å². The quantitative estimate of drug-likeness (QED) is 0.831. The number of hydrogen-bond donors (Lipinski definition) is 2. The molecule has 0 aromatic heterocycles. The number of carbonyl (C=O) groups is 2. The SMILES string of the molecule is CC(C)NC(=O)C1=CNC2N=CC(c3cccc(C(=O)N4CCCC4)c3)=NC12. The second-order valence-corrected chi connectivity index (χ2v) is 7.66. The molecule has 1 saturated heterocycles. The third kappa shape index (κ3) is 3.56. The first-order chi connectivity index (χ1) is 13.5. The summed E-state index contributed by atoms with van der Waals surface area (Å²) in [6.07, 6.45) is 5.28. The van der Waals surface area contributed by atoms with Gasteiger partial charge in [0, 0.05) is 42.7 Å². The highest BCUT2D eigenvalue weighted by Gasteiger charge is 2.35. The van der Waals surface area contributed by atoms with E-state index in [0.29, 0.717) is 16.8 Å². The highest BCUT2D eigenvalue weighted by atomic mass is 16.2. The van der Waals surface area contributed by atoms with E-state index in [9.17, 15) is 9.59 Å². The average molecular weight is 379 g/mol. The van der Waals surface area contributed by atoms with E-state index in [0.717, 1.165) is 31.5 Å². The largest absolute Gasteiger partial charge is 0.367 e. The Kier molecular flexibility index (Phi) is 4.98. The van der Waals surface area contributed by atoms with Crippen molar-refractivity contribution in [3.63, 3.8) is 0 Å². The number of carbonyl (C=O) groups excluding carboxylic acids is 2. The third-order valence-electron chi connectivity index (χ3n) is 5.14. The maximum absolute atomic E-state index is 12.7. The molecule has 3 heterocycles. The summed E-state index contributed by atoms with van der Waals surface area (Å²) in [6, 6.07) is 7.19. The number of hydrogen-bond acceptors (Lipinski definition) is 5. The third-order valence-corrected chi connectivity index (χ3v) is 5.14. The van der Waals surface area contributed by atoms with Gasteiger partial charge >= 0.3 is 0 Å². The molecule has 2 N–H and O–H groups in total. The Hall–Kier alpha value is -2.96. The summed E-state index contributed by atoms with van der Waals surface area (Å²) < 4.78 is 0. The molecule has 1 aromatic carbocycles. The van der Waals surface area contributed by atoms with Crippen molar-refractivity contribution < 1.29 is 9.59 Å². The van der Waals surface area contributed by atoms with Gasteiger partial charge in [-0.1, -0.05) is 12.1 Å². The summed E-state index contributed by atoms with van der Waals surface area (Å²) in [5.74, 6) is -0.0711. The van der Waals surface area contributed by atoms with Crippen LogP contribution in [0.3, 0.4) is 0 Å². The molecule has 2 unspecified atom stereocenters. The van der Waals surface area contributed by atoms with Crippen LogP contribution in [0.25, 0.3) is 0 Å². The van der Waals surface area contributed by atoms with Gasteiger partial charge in [-0.3, -0.25) is 19.6 Å². The molecule has 1 aromatic rings. The summed E-state index contributed by atoms with van der Waals surface area (Å²) in [6.45, 7) is 5.49. The maximum Gasteiger partial charge on any atom is 0.253 e. The number of aliphatic imine (C=N–C) groups is 2. The second-order valence-electron chi connectivity index (χ2n) is 7.66. The molecule has 146 valence electrons. The lowest BCUT2D eigenvalue weighted by Gasteiger charge is -2.21. The topological polar surface area (TPSA) is 86.2 Å². The fraction of sp³-hybridized carbons (Fsp3) is 0.429. The van der Waals surface area contributed by atoms with E-state index in [1.165, 1.54) is 0 Å². The van der Waals surface area contributed by atoms with Gasteiger partial charge in [-0.2, -0.15) is 0 Å². The lowest BCUT2D eigenvalue weighted by molar-refractivity contribution is -0.118. The molecule has 0 radical (unpaired) electrons. The number of nitrogens with one attached hydrogen (secondary N) is 2. The van der Waals surface area contributed by atoms with Crippen LogP contribution in [0.2, 0.25) is 0 Å². The van der Waals surface area contributed by atoms with Crippen molar-refractivity contribution in [2.24, 2.45) is 9.98 Å². The Morgan fingerprint density at radius 3 is 2.79 bits per heavy atom. The van der Waals surface area contributed by atoms with Crippen molar-refractivity contribution >= 4 is 23.7 Å². The number of rotatable bonds is 4. The fourth-order valence-electron chi connectivity index (χ4n) is 3.73. The Morgan fingerprint density at radius 2 is 2.04 bits per heavy atom. The van der Waals surface area contributed by atoms with Gasteiger partial charge < -0.3 is 15.5 Å². The van der Waals surface area contributed by atoms with Crippen LogP contribution in [0.15, 0.2) is 46.0 Å². The molecule has 4 rings (SSSR count). The normalized spacial score (nSPS) is 23.2. The van der Waals surface area contributed by atoms with Crippen LogP contribution in [0, 0.1) is 0 Å². The van der Waals surface area contributed by atoms with Gasteiger partial charge in [0.2, 0.25) is 0 Å². The van der Waals surface area contributed by atoms with E-state index in [1.807, 2.05) is 43.0 Å². The summed E-state index contributed by atoms with van der Waals surface area (Å²) in [4.78, 5) is 36.3. The summed E-state index contributed by atoms with van der Waals surface area (Å²) in [7, 11) is 0. The van der Waals surface area contributed by atoms with Crippen LogP contribution in [0.5, 0.6) is 0 Å². The summed E-state index contributed by atoms with van der Waals surface area (Å²) in [5, 5.41) is 6.02. The number of likely N-dealkylation sites (tertiary alicyclic amines) is 1. The number of fused-ring (bicyclic) bond motifs is 1. The molecule has 2 amide bonds. The first-order valence-corrected chi connectivity index (χ1v) is 9.80. The Bertz CT molecular complexity index is 881. The molecular weight excluding hydrogens is 354 g/mol. The second kappa shape index (κ2) is 7.58. The van der Waals surface area contributed by atoms with Crippen molar-refractivity contribution in [2.45, 2.75) is 44.9 Å². The summed E-state index contributed by atoms with van der Waals surface area (Å²) in [5.41, 5.74) is 2.76. The molecule has 0 spiro atoms. The van der Waals surface area contributed by atoms with E-state index >= 15 is 0 Å². The zero-order valence-electron chi connectivity index (χ0n) is 16.2. The van der Waals surface area contributed by atoms with Gasteiger partial charge in [0.05, 0.1) is 11.3 Å². The first kappa shape index (κ1) is 18.4. The highest BCUT2D eigenvalue weighted by molar-refractivity contribution is 6.39. The summed E-state index contributed by atoms with van der Waals surface area (Å²) >= 11 is 0. The maximum atomic E-state index is 12.7. The van der Waals surface area contributed by atoms with Crippen LogP contribution in [-0.2, 0) is 4.79 Å². The predicted molar refractivity (Wildman–Crippen MR) is 109 cm³/mol. The number of nitrogens with zero attached hydrogens (tertiary/aromatic N) is 3. The van der Waals surface area contributed by atoms with Gasteiger partial charge in [-0.05, 0) is 38.8 Å². The van der Waals surface area contributed by atoms with E-state index < -0.39 is 0 Å². The van der Waals surface area contributed by atoms with Crippen molar-refractivity contribution in [1.29, 1.82) is 0 Å². The minimum absolute atomic E-state index is 0.0521. The lowest BCUT2D eigenvalue weighted by Crippen LogP contribution is -2.39. The van der Waals surface area contributed by atoms with Gasteiger partial charge in [-0.15, -0.1) is 0 Å². The van der Waals surface area contributed by atoms with Gasteiger partial charge in [0.1, 0.15) is 12.2 Å². The Balaban J connectivity index is 1.57. The number of amides is 2. The monoisotopic (exact) mass is 379 g/mol. The molecule has 0 aliphatic carbocycles. The van der Waals surface area contributed by atoms with Crippen molar-refractivity contribution in [2.75, 3.05) is 13.1 Å². The minimum Gasteiger partial charge on any atom is -0.367 e. The van der Waals surface area contributed by atoms with Gasteiger partial charge in [0.15, 0.2) is 0 Å². The highest BCUT2D eigenvalue weighted by Crippen LogP contribution is 2.23. The number of benzene rings is 1. The molecule has 0 saturated carbocycles. The van der Waals surface area contributed by atoms with Crippen LogP contribution in [0.1, 0.15) is 42.6 Å². The van der Waals surface area contributed by atoms with Gasteiger partial charge in [-0.25, -0.2) is 0 Å². The van der Waals surface area contributed by atoms with Crippen molar-refractivity contribution in [3.05, 3.63) is 47.2 Å². The van der Waals surface area contributed by atoms with Crippen LogP contribution >= 0.6 is 0 Å². The van der Waals surface area contributed by atoms with Crippen molar-refractivity contribution in [1.82, 2.24) is 15.5 Å². The fourth-order valence-corrected chi connectivity index (χ4v) is 3.73. The minimum atomic E-state index is -0.364. The molecule has 28 heavy (non-hydrogen) atoms. The predicted octanol–water partition coefficient (Wildman–Crippen LogP) is 1.50. The zero-order valence-corrected chi connectivity index (χ0v) is 16.2. The van der Waals surface area contributed by atoms with E-state index in [4.69, 9.17) is 4.99 Å². The molecule has 7 heteroatoms. The van der Waals surface area contributed by atoms with Gasteiger partial charge in [0.25, 0.3) is 11.8 Å². The first-order valence-electron chi connectivity index (χ1n) is 9.80. The molecule has 0 bridgehead atoms. The van der Waals surface area contributed by atoms with E-state index in [-0.39, 0.29) is 30.1 Å². The average Bonchev–Trinajstić information content (AvgIpc) is 3.36. The van der Waals surface area contributed by atoms with Crippen LogP contribution in [-0.4, -0.2) is 60.0 Å². The zero-order chi connectivity index (χ0) is 19.7. The Labute approximate surface area is 164 Å². The molecule has 1 fully saturated rings. The Morgan fingerprint density at radius 1 is 1.25 bits per heavy atom. The smallest absolute Gasteiger partial charge is 0.253 e. The van der Waals surface area contributed by atoms with Crippen LogP contribution < -0.4 is 10.6 Å². The van der Waals surface area contributed by atoms with E-state index in [1.54, 1.807) is 12.4 Å². The lowest BCUT2D eigenvalue weighted by atomic mass is 10.0. The molecule has 2 atom stereocenters. The van der Waals surface area contributed by atoms with Crippen LogP contribution in [0.4, 0.5) is 0 Å². The molecule has 7 nitrogen and oxygen atoms in total. The van der Waals surface area contributed by atoms with Crippen molar-refractivity contribution in [3.8, 4) is 0 Å². The molecular formula is C21H25N5O2.